The average molecular weight is 468 g/mol. The fraction of sp³-hybridized carbons (Fsp3) is 0.722. The van der Waals surface area contributed by atoms with E-state index in [-0.39, 0.29) is 0 Å². The van der Waals surface area contributed by atoms with Crippen molar-refractivity contribution in [1.82, 2.24) is 5.32 Å². The van der Waals surface area contributed by atoms with Crippen molar-refractivity contribution >= 4 is 41.4 Å². The van der Waals surface area contributed by atoms with Gasteiger partial charge in [0.15, 0.2) is 12.2 Å². The molecule has 0 aromatic carbocycles. The van der Waals surface area contributed by atoms with Crippen molar-refractivity contribution in [3.63, 3.8) is 0 Å². The molecule has 1 aliphatic rings. The third-order valence-electron chi connectivity index (χ3n) is 4.18. The fourth-order valence-corrected chi connectivity index (χ4v) is 3.41. The van der Waals surface area contributed by atoms with Crippen LogP contribution < -0.4 is 5.32 Å². The lowest BCUT2D eigenvalue weighted by Crippen LogP contribution is -2.66. The Kier molecular flexibility index (Phi) is 9.66. The SMILES string of the molecule is COC(=O)[C@]1(Cl)C[C@H](O)[C@@H](NC(C)=O)[C@H]([C@@H](OC(C)=O)[C@@H](COC(C)=O)OC(C)=O)O1. The first-order valence-corrected chi connectivity index (χ1v) is 9.56. The number of aliphatic hydroxyl groups is 1. The molecule has 1 amide bonds. The zero-order chi connectivity index (χ0) is 23.9. The summed E-state index contributed by atoms with van der Waals surface area (Å²) in [6.07, 6.45) is -6.40. The molecule has 12 nitrogen and oxygen atoms in total. The molecular formula is C18H26ClNO11. The first-order chi connectivity index (χ1) is 14.3. The van der Waals surface area contributed by atoms with Crippen molar-refractivity contribution < 1.29 is 52.8 Å². The van der Waals surface area contributed by atoms with Crippen molar-refractivity contribution in [3.8, 4) is 0 Å². The van der Waals surface area contributed by atoms with Crippen molar-refractivity contribution in [3.05, 3.63) is 0 Å². The third kappa shape index (κ3) is 7.64. The maximum absolute atomic E-state index is 12.2. The van der Waals surface area contributed by atoms with Gasteiger partial charge in [-0.1, -0.05) is 11.6 Å². The molecule has 2 N–H and O–H groups in total. The van der Waals surface area contributed by atoms with Crippen LogP contribution in [0.15, 0.2) is 0 Å². The minimum Gasteiger partial charge on any atom is -0.466 e. The lowest BCUT2D eigenvalue weighted by atomic mass is 9.89. The number of carbonyl (C=O) groups is 5. The van der Waals surface area contributed by atoms with Crippen molar-refractivity contribution in [2.75, 3.05) is 13.7 Å². The van der Waals surface area contributed by atoms with Gasteiger partial charge in [0.05, 0.1) is 19.3 Å². The summed E-state index contributed by atoms with van der Waals surface area (Å²) in [5, 5.41) is 10.9. The zero-order valence-electron chi connectivity index (χ0n) is 17.7. The number of methoxy groups -OCH3 is 1. The minimum atomic E-state index is -2.20. The Morgan fingerprint density at radius 3 is 2.13 bits per heavy atom. The number of carbonyl (C=O) groups excluding carboxylic acids is 5. The normalized spacial score (nSPS) is 27.3. The van der Waals surface area contributed by atoms with Gasteiger partial charge in [0.25, 0.3) is 0 Å². The molecule has 31 heavy (non-hydrogen) atoms. The molecule has 1 rings (SSSR count). The van der Waals surface area contributed by atoms with E-state index in [0.29, 0.717) is 0 Å². The van der Waals surface area contributed by atoms with E-state index in [2.05, 4.69) is 10.1 Å². The van der Waals surface area contributed by atoms with Crippen LogP contribution in [0, 0.1) is 0 Å². The first-order valence-electron chi connectivity index (χ1n) is 9.18. The van der Waals surface area contributed by atoms with Gasteiger partial charge in [0.1, 0.15) is 12.7 Å². The molecule has 1 aliphatic heterocycles. The summed E-state index contributed by atoms with van der Waals surface area (Å²) in [6, 6.07) is -1.24. The van der Waals surface area contributed by atoms with Crippen molar-refractivity contribution in [1.29, 1.82) is 0 Å². The van der Waals surface area contributed by atoms with E-state index >= 15 is 0 Å². The lowest BCUT2D eigenvalue weighted by Gasteiger charge is -2.46. The van der Waals surface area contributed by atoms with Gasteiger partial charge in [-0.2, -0.15) is 0 Å². The molecule has 0 bridgehead atoms. The third-order valence-corrected chi connectivity index (χ3v) is 4.58. The number of nitrogens with one attached hydrogen (secondary N) is 1. The Bertz CT molecular complexity index is 715. The number of amides is 1. The van der Waals surface area contributed by atoms with Crippen LogP contribution >= 0.6 is 11.6 Å². The van der Waals surface area contributed by atoms with E-state index in [4.69, 9.17) is 30.5 Å². The van der Waals surface area contributed by atoms with Crippen LogP contribution in [-0.2, 0) is 47.7 Å². The number of hydrogen-bond donors (Lipinski definition) is 2. The molecule has 1 fully saturated rings. The summed E-state index contributed by atoms with van der Waals surface area (Å²) >= 11 is 6.23. The Labute approximate surface area is 183 Å². The molecule has 6 atom stereocenters. The molecule has 1 heterocycles. The van der Waals surface area contributed by atoms with E-state index in [1.54, 1.807) is 0 Å². The summed E-state index contributed by atoms with van der Waals surface area (Å²) in [7, 11) is 1.04. The van der Waals surface area contributed by atoms with Gasteiger partial charge in [0, 0.05) is 34.1 Å². The second-order valence-corrected chi connectivity index (χ2v) is 7.44. The number of alkyl halides is 1. The zero-order valence-corrected chi connectivity index (χ0v) is 18.5. The van der Waals surface area contributed by atoms with Gasteiger partial charge in [-0.25, -0.2) is 4.79 Å². The number of rotatable bonds is 8. The van der Waals surface area contributed by atoms with Gasteiger partial charge >= 0.3 is 23.9 Å². The molecule has 0 aliphatic carbocycles. The number of aliphatic hydroxyl groups excluding tert-OH is 1. The number of esters is 4. The summed E-state index contributed by atoms with van der Waals surface area (Å²) in [4.78, 5) is 58.5. The molecule has 176 valence electrons. The van der Waals surface area contributed by atoms with Gasteiger partial charge in [-0.05, 0) is 0 Å². The van der Waals surface area contributed by atoms with Gasteiger partial charge in [-0.15, -0.1) is 0 Å². The highest BCUT2D eigenvalue weighted by atomic mass is 35.5. The van der Waals surface area contributed by atoms with Crippen LogP contribution in [0.3, 0.4) is 0 Å². The number of ether oxygens (including phenoxy) is 5. The van der Waals surface area contributed by atoms with Crippen LogP contribution in [0.2, 0.25) is 0 Å². The van der Waals surface area contributed by atoms with Crippen LogP contribution in [0.4, 0.5) is 0 Å². The second-order valence-electron chi connectivity index (χ2n) is 6.82. The number of hydrogen-bond acceptors (Lipinski definition) is 11. The monoisotopic (exact) mass is 467 g/mol. The van der Waals surface area contributed by atoms with Gasteiger partial charge < -0.3 is 34.1 Å². The van der Waals surface area contributed by atoms with E-state index < -0.39 is 78.3 Å². The molecule has 0 radical (unpaired) electrons. The summed E-state index contributed by atoms with van der Waals surface area (Å²) in [5.41, 5.74) is 0. The highest BCUT2D eigenvalue weighted by molar-refractivity contribution is 6.32. The molecule has 0 aromatic rings. The smallest absolute Gasteiger partial charge is 0.354 e. The maximum Gasteiger partial charge on any atom is 0.354 e. The fourth-order valence-electron chi connectivity index (χ4n) is 3.08. The van der Waals surface area contributed by atoms with Crippen molar-refractivity contribution in [2.45, 2.75) is 69.6 Å². The predicted octanol–water partition coefficient (Wildman–Crippen LogP) is -0.824. The van der Waals surface area contributed by atoms with E-state index in [1.165, 1.54) is 0 Å². The molecular weight excluding hydrogens is 442 g/mol. The Balaban J connectivity index is 3.47. The molecule has 1 saturated heterocycles. The summed E-state index contributed by atoms with van der Waals surface area (Å²) in [5.74, 6) is -4.02. The van der Waals surface area contributed by atoms with Crippen LogP contribution in [-0.4, -0.2) is 84.1 Å². The molecule has 0 aromatic heterocycles. The second kappa shape index (κ2) is 11.3. The molecule has 0 unspecified atom stereocenters. The average Bonchev–Trinajstić information content (AvgIpc) is 2.64. The Morgan fingerprint density at radius 1 is 1.10 bits per heavy atom. The Morgan fingerprint density at radius 2 is 1.68 bits per heavy atom. The summed E-state index contributed by atoms with van der Waals surface area (Å²) in [6.45, 7) is 3.82. The first kappa shape index (κ1) is 26.6. The van der Waals surface area contributed by atoms with Crippen LogP contribution in [0.25, 0.3) is 0 Å². The minimum absolute atomic E-state index is 0.475. The van der Waals surface area contributed by atoms with Gasteiger partial charge in [0.2, 0.25) is 11.0 Å². The van der Waals surface area contributed by atoms with Crippen molar-refractivity contribution in [2.24, 2.45) is 0 Å². The summed E-state index contributed by atoms with van der Waals surface area (Å²) < 4.78 is 25.5. The standard InChI is InChI=1S/C18H26ClNO11/c1-8(21)20-14-12(25)6-18(19,17(26)27-5)31-16(14)15(30-11(4)24)13(29-10(3)23)7-28-9(2)22/h12-16,25H,6-7H2,1-5H3,(H,20,21)/t12-,13+,14+,15-,16+,18-/m0/s1. The molecule has 0 spiro atoms. The molecule has 13 heteroatoms. The van der Waals surface area contributed by atoms with E-state index in [9.17, 15) is 29.1 Å². The van der Waals surface area contributed by atoms with Crippen LogP contribution in [0.1, 0.15) is 34.1 Å². The Hall–Kier alpha value is -2.44. The number of halogens is 1. The highest BCUT2D eigenvalue weighted by Crippen LogP contribution is 2.37. The topological polar surface area (TPSA) is 164 Å². The molecule has 0 saturated carbocycles. The largest absolute Gasteiger partial charge is 0.466 e. The van der Waals surface area contributed by atoms with E-state index in [1.807, 2.05) is 0 Å². The highest BCUT2D eigenvalue weighted by Gasteiger charge is 2.56. The lowest BCUT2D eigenvalue weighted by molar-refractivity contribution is -0.222. The van der Waals surface area contributed by atoms with E-state index in [0.717, 1.165) is 34.8 Å². The quantitative estimate of drug-likeness (QED) is 0.260. The maximum atomic E-state index is 12.2. The van der Waals surface area contributed by atoms with Crippen LogP contribution in [0.5, 0.6) is 0 Å². The predicted molar refractivity (Wildman–Crippen MR) is 101 cm³/mol. The van der Waals surface area contributed by atoms with Gasteiger partial charge in [-0.3, -0.25) is 19.2 Å².